The van der Waals surface area contributed by atoms with Crippen LogP contribution in [0.25, 0.3) is 11.1 Å². The van der Waals surface area contributed by atoms with Gasteiger partial charge in [0, 0.05) is 0 Å². The second-order valence-electron chi connectivity index (χ2n) is 11.5. The van der Waals surface area contributed by atoms with Gasteiger partial charge in [0.1, 0.15) is 0 Å². The third-order valence-electron chi connectivity index (χ3n) is 8.25. The van der Waals surface area contributed by atoms with E-state index in [4.69, 9.17) is 0 Å². The van der Waals surface area contributed by atoms with Gasteiger partial charge in [-0.15, -0.1) is 11.1 Å². The third-order valence-corrected chi connectivity index (χ3v) is 8.25. The molecule has 0 heterocycles. The average Bonchev–Trinajstić information content (AvgIpc) is 3.95. The maximum absolute atomic E-state index is 3.58. The maximum atomic E-state index is 3.58. The Morgan fingerprint density at radius 1 is 0.347 bits per heavy atom. The van der Waals surface area contributed by atoms with Gasteiger partial charge in [-0.2, -0.15) is 12.2 Å². The summed E-state index contributed by atoms with van der Waals surface area (Å²) in [4.78, 5) is 0. The average molecular weight is 716 g/mol. The van der Waals surface area contributed by atoms with E-state index in [1.165, 1.54) is 44.5 Å². The molecule has 6 rings (SSSR count). The molecule has 2 aliphatic rings. The molecule has 0 spiro atoms. The van der Waals surface area contributed by atoms with Crippen LogP contribution in [0.2, 0.25) is 0 Å². The molecule has 0 N–H and O–H groups in total. The first kappa shape index (κ1) is 40.4. The van der Waals surface area contributed by atoms with Crippen molar-refractivity contribution in [1.82, 2.24) is 0 Å². The summed E-state index contributed by atoms with van der Waals surface area (Å²) in [6.07, 6.45) is 35.3. The molecule has 49 heavy (non-hydrogen) atoms. The predicted octanol–water partition coefficient (Wildman–Crippen LogP) is 11.7. The first-order valence-corrected chi connectivity index (χ1v) is 17.3. The molecule has 242 valence electrons. The van der Waals surface area contributed by atoms with Gasteiger partial charge in [0.25, 0.3) is 0 Å². The fraction of sp³-hybridized carbons (Fsp3) is 0.167. The second-order valence-corrected chi connectivity index (χ2v) is 11.5. The van der Waals surface area contributed by atoms with Crippen molar-refractivity contribution < 1.29 is 26.2 Å². The van der Waals surface area contributed by atoms with Crippen molar-refractivity contribution in [1.29, 1.82) is 0 Å². The van der Waals surface area contributed by atoms with E-state index in [9.17, 15) is 0 Å². The summed E-state index contributed by atoms with van der Waals surface area (Å²) in [5, 5.41) is 0. The minimum atomic E-state index is 0. The summed E-state index contributed by atoms with van der Waals surface area (Å²) in [5.74, 6) is 0. The molecule has 0 bridgehead atoms. The smallest absolute Gasteiger partial charge is 0.219 e. The Morgan fingerprint density at radius 2 is 0.531 bits per heavy atom. The Bertz CT molecular complexity index is 1310. The van der Waals surface area contributed by atoms with Crippen LogP contribution in [0.1, 0.15) is 72.2 Å². The number of hydrogen-bond acceptors (Lipinski definition) is 0. The summed E-state index contributed by atoms with van der Waals surface area (Å²) in [6.45, 7) is 8.76. The van der Waals surface area contributed by atoms with Crippen LogP contribution in [0, 0.1) is 76.4 Å². The molecular weight excluding hydrogens is 668 g/mol. The summed E-state index contributed by atoms with van der Waals surface area (Å²) in [6, 6.07) is 35.4. The molecule has 2 aliphatic carbocycles. The Hall–Kier alpha value is -3.02. The number of allylic oxidation sites excluding steroid dienone is 4. The number of aryl methyl sites for hydroxylation is 4. The van der Waals surface area contributed by atoms with Gasteiger partial charge in [0.05, 0.1) is 0 Å². The van der Waals surface area contributed by atoms with Gasteiger partial charge in [0.15, 0.2) is 0 Å². The molecular formula is C48H48Zr+2. The molecule has 4 aromatic carbocycles. The second kappa shape index (κ2) is 23.4. The normalized spacial score (nSPS) is 13.4. The van der Waals surface area contributed by atoms with Crippen molar-refractivity contribution in [2.24, 2.45) is 0 Å². The Kier molecular flexibility index (Phi) is 19.3. The van der Waals surface area contributed by atoms with Gasteiger partial charge >= 0.3 is 26.2 Å². The van der Waals surface area contributed by atoms with Gasteiger partial charge in [-0.25, -0.2) is 12.2 Å². The van der Waals surface area contributed by atoms with Gasteiger partial charge in [-0.1, -0.05) is 147 Å². The van der Waals surface area contributed by atoms with Crippen LogP contribution in [0.3, 0.4) is 0 Å². The molecule has 10 radical (unpaired) electrons. The van der Waals surface area contributed by atoms with Gasteiger partial charge in [-0.05, 0) is 112 Å². The predicted molar refractivity (Wildman–Crippen MR) is 207 cm³/mol. The zero-order chi connectivity index (χ0) is 33.8. The van der Waals surface area contributed by atoms with Crippen LogP contribution in [-0.4, -0.2) is 0 Å². The van der Waals surface area contributed by atoms with E-state index in [0.29, 0.717) is 0 Å². The number of hydrogen-bond donors (Lipinski definition) is 0. The van der Waals surface area contributed by atoms with Gasteiger partial charge in [-0.3, -0.25) is 0 Å². The van der Waals surface area contributed by atoms with Crippen molar-refractivity contribution in [3.05, 3.63) is 230 Å². The van der Waals surface area contributed by atoms with E-state index in [2.05, 4.69) is 137 Å². The number of rotatable bonds is 10. The summed E-state index contributed by atoms with van der Waals surface area (Å²) < 4.78 is 0. The molecule has 2 saturated carbocycles. The monoisotopic (exact) mass is 714 g/mol. The molecule has 0 aromatic heterocycles. The van der Waals surface area contributed by atoms with E-state index < -0.39 is 0 Å². The SMILES string of the molecule is CCc1ccc(C(=[C-]/C=C\[C-]=C(c2ccc(CC)cc2)c2ccc(CC)cc2)c2ccc(CC)cc2)cc1.[CH]1[CH][CH][CH][CH]1.[CH]1[CH][CH][CH][CH]1.[Zr+4]. The largest absolute Gasteiger partial charge is 4.00 e. The van der Waals surface area contributed by atoms with Crippen molar-refractivity contribution in [3.63, 3.8) is 0 Å². The van der Waals surface area contributed by atoms with Crippen molar-refractivity contribution >= 4 is 11.1 Å². The van der Waals surface area contributed by atoms with E-state index in [1.54, 1.807) is 0 Å². The first-order valence-electron chi connectivity index (χ1n) is 17.3. The Balaban J connectivity index is 0.000000504. The van der Waals surface area contributed by atoms with E-state index in [0.717, 1.165) is 36.8 Å². The fourth-order valence-electron chi connectivity index (χ4n) is 5.19. The van der Waals surface area contributed by atoms with Crippen molar-refractivity contribution in [2.75, 3.05) is 0 Å². The zero-order valence-corrected chi connectivity index (χ0v) is 32.0. The summed E-state index contributed by atoms with van der Waals surface area (Å²) >= 11 is 0. The van der Waals surface area contributed by atoms with Crippen LogP contribution in [0.15, 0.2) is 109 Å². The first-order chi connectivity index (χ1) is 23.6. The van der Waals surface area contributed by atoms with Crippen LogP contribution in [0.4, 0.5) is 0 Å². The minimum absolute atomic E-state index is 0. The quantitative estimate of drug-likeness (QED) is 0.113. The van der Waals surface area contributed by atoms with Crippen LogP contribution < -0.4 is 0 Å². The zero-order valence-electron chi connectivity index (χ0n) is 29.5. The molecule has 4 aromatic rings. The molecule has 0 saturated heterocycles. The Labute approximate surface area is 319 Å². The molecule has 0 atom stereocenters. The summed E-state index contributed by atoms with van der Waals surface area (Å²) in [5.41, 5.74) is 12.2. The molecule has 2 fully saturated rings. The van der Waals surface area contributed by atoms with Crippen molar-refractivity contribution in [2.45, 2.75) is 53.4 Å². The molecule has 0 unspecified atom stereocenters. The maximum Gasteiger partial charge on any atom is 4.00 e. The molecule has 0 nitrogen and oxygen atoms in total. The minimum Gasteiger partial charge on any atom is -0.219 e. The topological polar surface area (TPSA) is 0 Å². The van der Waals surface area contributed by atoms with Crippen molar-refractivity contribution in [3.8, 4) is 0 Å². The van der Waals surface area contributed by atoms with Crippen LogP contribution in [0.5, 0.6) is 0 Å². The van der Waals surface area contributed by atoms with E-state index in [1.807, 2.05) is 76.4 Å². The Morgan fingerprint density at radius 3 is 0.694 bits per heavy atom. The molecule has 0 aliphatic heterocycles. The molecule has 0 amide bonds. The van der Waals surface area contributed by atoms with E-state index in [-0.39, 0.29) is 26.2 Å². The van der Waals surface area contributed by atoms with E-state index >= 15 is 0 Å². The molecule has 1 heteroatoms. The third kappa shape index (κ3) is 13.7. The number of benzene rings is 4. The van der Waals surface area contributed by atoms with Gasteiger partial charge in [0.2, 0.25) is 0 Å². The van der Waals surface area contributed by atoms with Crippen LogP contribution >= 0.6 is 0 Å². The fourth-order valence-corrected chi connectivity index (χ4v) is 5.19. The van der Waals surface area contributed by atoms with Crippen LogP contribution in [-0.2, 0) is 51.9 Å². The van der Waals surface area contributed by atoms with Gasteiger partial charge < -0.3 is 0 Å². The standard InChI is InChI=1S/C38H38.2C5H5.Zr/c1-5-29-13-21-33(22-14-29)37(34-23-15-30(6-2)16-24-34)11-9-10-12-38(35-25-17-31(7-3)18-26-35)36-27-19-32(8-4)20-28-36;2*1-2-4-5-3-1;/h9-10,13-28H,5-8H2,1-4H3;2*1-5H;/q-2;;;+4/b10-9-;;;. The summed E-state index contributed by atoms with van der Waals surface area (Å²) in [7, 11) is 0.